The van der Waals surface area contributed by atoms with Crippen LogP contribution in [0.15, 0.2) is 103 Å². The van der Waals surface area contributed by atoms with Crippen molar-refractivity contribution in [2.75, 3.05) is 7.11 Å². The Hall–Kier alpha value is -4.62. The summed E-state index contributed by atoms with van der Waals surface area (Å²) < 4.78 is 11.1. The molecule has 0 aliphatic rings. The number of carbonyl (C=O) groups is 1. The summed E-state index contributed by atoms with van der Waals surface area (Å²) >= 11 is 0. The Morgan fingerprint density at radius 3 is 2.14 bits per heavy atom. The van der Waals surface area contributed by atoms with Gasteiger partial charge in [-0.15, -0.1) is 0 Å². The molecule has 0 fully saturated rings. The van der Waals surface area contributed by atoms with E-state index in [4.69, 9.17) is 9.47 Å². The molecule has 0 bridgehead atoms. The smallest absolute Gasteiger partial charge is 0.337 e. The van der Waals surface area contributed by atoms with Gasteiger partial charge in [0.15, 0.2) is 0 Å². The zero-order valence-electron chi connectivity index (χ0n) is 25.0. The lowest BCUT2D eigenvalue weighted by molar-refractivity contribution is 0.0600. The predicted molar refractivity (Wildman–Crippen MR) is 169 cm³/mol. The molecule has 0 aromatic heterocycles. The number of nitrogens with zero attached hydrogens (tertiary/aromatic N) is 1. The first-order chi connectivity index (χ1) is 20.2. The van der Waals surface area contributed by atoms with Crippen LogP contribution in [0, 0.1) is 17.2 Å². The maximum atomic E-state index is 11.8. The number of methoxy groups -OCH3 is 1. The van der Waals surface area contributed by atoms with E-state index < -0.39 is 0 Å². The molecule has 0 spiro atoms. The number of ether oxygens (including phenoxy) is 2. The number of nitriles is 1. The summed E-state index contributed by atoms with van der Waals surface area (Å²) in [5.41, 5.74) is 7.18. The first kappa shape index (κ1) is 30.3. The monoisotopic (exact) mass is 557 g/mol. The minimum atomic E-state index is -0.328. The Balaban J connectivity index is 1.48. The van der Waals surface area contributed by atoms with Gasteiger partial charge in [-0.3, -0.25) is 0 Å². The van der Waals surface area contributed by atoms with Crippen LogP contribution in [-0.4, -0.2) is 13.1 Å². The van der Waals surface area contributed by atoms with Gasteiger partial charge in [-0.05, 0) is 83.2 Å². The van der Waals surface area contributed by atoms with Crippen LogP contribution in [0.2, 0.25) is 0 Å². The van der Waals surface area contributed by atoms with Gasteiger partial charge in [-0.1, -0.05) is 99.7 Å². The maximum absolute atomic E-state index is 11.8. The van der Waals surface area contributed by atoms with E-state index in [0.29, 0.717) is 17.7 Å². The molecule has 4 aromatic carbocycles. The number of esters is 1. The molecule has 0 aliphatic heterocycles. The van der Waals surface area contributed by atoms with Crippen molar-refractivity contribution in [3.63, 3.8) is 0 Å². The van der Waals surface area contributed by atoms with Crippen molar-refractivity contribution in [2.45, 2.75) is 52.1 Å². The standard InChI is InChI=1S/C38H39NO3/c1-38(2,3)35-23-18-32(19-24-35)27-42-36-8-6-5-7-33(36)20-17-30(25-29-11-13-31(26-39)14-12-29)10-9-28-15-21-34(22-16-28)37(40)41-4/h5-8,11-24,30H,9-10,25,27H2,1-4H3. The third-order valence-electron chi connectivity index (χ3n) is 7.44. The molecule has 0 radical (unpaired) electrons. The molecule has 214 valence electrons. The first-order valence-corrected chi connectivity index (χ1v) is 14.4. The highest BCUT2D eigenvalue weighted by molar-refractivity contribution is 5.89. The molecular weight excluding hydrogens is 518 g/mol. The topological polar surface area (TPSA) is 59.3 Å². The van der Waals surface area contributed by atoms with Crippen LogP contribution in [0.1, 0.15) is 70.9 Å². The molecule has 0 heterocycles. The van der Waals surface area contributed by atoms with E-state index in [1.54, 1.807) is 0 Å². The van der Waals surface area contributed by atoms with Crippen LogP contribution in [0.25, 0.3) is 6.08 Å². The number of rotatable bonds is 11. The summed E-state index contributed by atoms with van der Waals surface area (Å²) in [6, 6.07) is 34.4. The Bertz CT molecular complexity index is 1520. The van der Waals surface area contributed by atoms with Crippen LogP contribution in [0.5, 0.6) is 5.75 Å². The fraction of sp³-hybridized carbons (Fsp3) is 0.263. The van der Waals surface area contributed by atoms with Crippen LogP contribution in [0.3, 0.4) is 0 Å². The van der Waals surface area contributed by atoms with Gasteiger partial charge < -0.3 is 9.47 Å². The van der Waals surface area contributed by atoms with Crippen molar-refractivity contribution in [2.24, 2.45) is 5.92 Å². The summed E-state index contributed by atoms with van der Waals surface area (Å²) in [6.07, 6.45) is 7.08. The van der Waals surface area contributed by atoms with Gasteiger partial charge in [0.1, 0.15) is 12.4 Å². The lowest BCUT2D eigenvalue weighted by Crippen LogP contribution is -2.10. The number of para-hydroxylation sites is 1. The number of benzene rings is 4. The molecule has 4 heteroatoms. The van der Waals surface area contributed by atoms with Crippen LogP contribution in [0.4, 0.5) is 0 Å². The lowest BCUT2D eigenvalue weighted by Gasteiger charge is -2.19. The normalized spacial score (nSPS) is 12.1. The quantitative estimate of drug-likeness (QED) is 0.173. The van der Waals surface area contributed by atoms with Crippen molar-refractivity contribution in [1.29, 1.82) is 5.26 Å². The van der Waals surface area contributed by atoms with Crippen molar-refractivity contribution >= 4 is 12.0 Å². The second kappa shape index (κ2) is 14.3. The second-order valence-electron chi connectivity index (χ2n) is 11.6. The Labute approximate surface area is 250 Å². The van der Waals surface area contributed by atoms with Gasteiger partial charge in [0.2, 0.25) is 0 Å². The van der Waals surface area contributed by atoms with Crippen LogP contribution < -0.4 is 4.74 Å². The molecule has 1 unspecified atom stereocenters. The number of hydrogen-bond donors (Lipinski definition) is 0. The predicted octanol–water partition coefficient (Wildman–Crippen LogP) is 8.73. The van der Waals surface area contributed by atoms with Crippen molar-refractivity contribution in [3.8, 4) is 11.8 Å². The summed E-state index contributed by atoms with van der Waals surface area (Å²) in [5, 5.41) is 9.19. The average Bonchev–Trinajstić information content (AvgIpc) is 3.01. The summed E-state index contributed by atoms with van der Waals surface area (Å²) in [7, 11) is 1.39. The SMILES string of the molecule is COC(=O)c1ccc(CCC(C=Cc2ccccc2OCc2ccc(C(C)(C)C)cc2)Cc2ccc(C#N)cc2)cc1. The van der Waals surface area contributed by atoms with Crippen molar-refractivity contribution in [1.82, 2.24) is 0 Å². The van der Waals surface area contributed by atoms with Gasteiger partial charge in [0, 0.05) is 5.56 Å². The second-order valence-corrected chi connectivity index (χ2v) is 11.6. The highest BCUT2D eigenvalue weighted by atomic mass is 16.5. The zero-order valence-corrected chi connectivity index (χ0v) is 25.0. The fourth-order valence-electron chi connectivity index (χ4n) is 4.81. The molecule has 0 saturated carbocycles. The van der Waals surface area contributed by atoms with Crippen LogP contribution >= 0.6 is 0 Å². The molecule has 4 rings (SSSR count). The van der Waals surface area contributed by atoms with Crippen molar-refractivity contribution < 1.29 is 14.3 Å². The highest BCUT2D eigenvalue weighted by Crippen LogP contribution is 2.26. The minimum absolute atomic E-state index is 0.123. The van der Waals surface area contributed by atoms with Crippen molar-refractivity contribution in [3.05, 3.63) is 142 Å². The van der Waals surface area contributed by atoms with Gasteiger partial charge in [-0.2, -0.15) is 5.26 Å². The zero-order chi connectivity index (χ0) is 30.0. The fourth-order valence-corrected chi connectivity index (χ4v) is 4.81. The molecule has 0 aliphatic carbocycles. The summed E-state index contributed by atoms with van der Waals surface area (Å²) in [5.74, 6) is 0.784. The number of carbonyl (C=O) groups excluding carboxylic acids is 1. The minimum Gasteiger partial charge on any atom is -0.488 e. The molecule has 0 saturated heterocycles. The molecule has 0 amide bonds. The van der Waals surface area contributed by atoms with Gasteiger partial charge in [0.05, 0.1) is 24.3 Å². The number of allylic oxidation sites excluding steroid dienone is 1. The van der Waals surface area contributed by atoms with Gasteiger partial charge in [-0.25, -0.2) is 4.79 Å². The molecule has 42 heavy (non-hydrogen) atoms. The van der Waals surface area contributed by atoms with Gasteiger partial charge >= 0.3 is 5.97 Å². The number of aryl methyl sites for hydroxylation is 1. The summed E-state index contributed by atoms with van der Waals surface area (Å²) in [4.78, 5) is 11.8. The Morgan fingerprint density at radius 1 is 0.857 bits per heavy atom. The molecule has 4 aromatic rings. The van der Waals surface area contributed by atoms with E-state index in [9.17, 15) is 10.1 Å². The van der Waals surface area contributed by atoms with E-state index in [2.05, 4.69) is 69.3 Å². The van der Waals surface area contributed by atoms with Crippen LogP contribution in [-0.2, 0) is 29.6 Å². The first-order valence-electron chi connectivity index (χ1n) is 14.4. The van der Waals surface area contributed by atoms with E-state index in [1.165, 1.54) is 23.8 Å². The van der Waals surface area contributed by atoms with E-state index in [0.717, 1.165) is 36.1 Å². The highest BCUT2D eigenvalue weighted by Gasteiger charge is 2.13. The third kappa shape index (κ3) is 8.69. The third-order valence-corrected chi connectivity index (χ3v) is 7.44. The van der Waals surface area contributed by atoms with Gasteiger partial charge in [0.25, 0.3) is 0 Å². The average molecular weight is 558 g/mol. The number of hydrogen-bond acceptors (Lipinski definition) is 4. The van der Waals surface area contributed by atoms with E-state index in [1.807, 2.05) is 66.7 Å². The maximum Gasteiger partial charge on any atom is 0.337 e. The lowest BCUT2D eigenvalue weighted by atomic mass is 9.87. The molecule has 0 N–H and O–H groups in total. The Kier molecular flexibility index (Phi) is 10.3. The van der Waals surface area contributed by atoms with E-state index >= 15 is 0 Å². The summed E-state index contributed by atoms with van der Waals surface area (Å²) in [6.45, 7) is 7.16. The largest absolute Gasteiger partial charge is 0.488 e. The Morgan fingerprint density at radius 2 is 1.50 bits per heavy atom. The molecule has 1 atom stereocenters. The molecular formula is C38H39NO3. The van der Waals surface area contributed by atoms with E-state index in [-0.39, 0.29) is 17.3 Å². The molecule has 4 nitrogen and oxygen atoms in total.